The zero-order valence-corrected chi connectivity index (χ0v) is 16.5. The Morgan fingerprint density at radius 1 is 0.828 bits per heavy atom. The summed E-state index contributed by atoms with van der Waals surface area (Å²) < 4.78 is 14.2. The second-order valence-corrected chi connectivity index (χ2v) is 7.67. The van der Waals surface area contributed by atoms with Gasteiger partial charge in [-0.15, -0.1) is 0 Å². The number of carbonyl (C=O) groups is 2. The second-order valence-electron chi connectivity index (χ2n) is 6.15. The number of carbonyl (C=O) groups excluding carboxylic acids is 2. The molecule has 1 aliphatic heterocycles. The Balaban J connectivity index is 1.76. The van der Waals surface area contributed by atoms with E-state index in [-0.39, 0.29) is 16.3 Å². The standard InChI is InChI=1S/C22H14ClFN2O2S/c23-14-10-12-15(13-11-14)26-21(27)19(25-18-9-5-4-8-17(18)24)20(22(26)28)29-16-6-2-1-3-7-16/h1-13,25H. The van der Waals surface area contributed by atoms with E-state index in [2.05, 4.69) is 5.32 Å². The largest absolute Gasteiger partial charge is 0.348 e. The molecule has 1 aliphatic rings. The minimum Gasteiger partial charge on any atom is -0.348 e. The van der Waals surface area contributed by atoms with E-state index in [9.17, 15) is 14.0 Å². The highest BCUT2D eigenvalue weighted by Gasteiger charge is 2.40. The molecule has 0 fully saturated rings. The van der Waals surface area contributed by atoms with E-state index in [1.165, 1.54) is 12.1 Å². The Morgan fingerprint density at radius 2 is 1.48 bits per heavy atom. The van der Waals surface area contributed by atoms with Crippen LogP contribution in [0.3, 0.4) is 0 Å². The van der Waals surface area contributed by atoms with Gasteiger partial charge in [0, 0.05) is 9.92 Å². The van der Waals surface area contributed by atoms with Crippen molar-refractivity contribution in [2.75, 3.05) is 10.2 Å². The molecule has 0 spiro atoms. The molecule has 0 bridgehead atoms. The number of hydrogen-bond acceptors (Lipinski definition) is 4. The fourth-order valence-corrected chi connectivity index (χ4v) is 3.92. The lowest BCUT2D eigenvalue weighted by molar-refractivity contribution is -0.120. The summed E-state index contributed by atoms with van der Waals surface area (Å²) >= 11 is 7.08. The smallest absolute Gasteiger partial charge is 0.283 e. The molecule has 7 heteroatoms. The van der Waals surface area contributed by atoms with Crippen molar-refractivity contribution in [1.29, 1.82) is 0 Å². The summed E-state index contributed by atoms with van der Waals surface area (Å²) in [4.78, 5) is 28.3. The second kappa shape index (κ2) is 8.11. The molecule has 1 N–H and O–H groups in total. The summed E-state index contributed by atoms with van der Waals surface area (Å²) in [6, 6.07) is 21.6. The van der Waals surface area contributed by atoms with E-state index < -0.39 is 17.6 Å². The van der Waals surface area contributed by atoms with Crippen LogP contribution in [0.1, 0.15) is 0 Å². The van der Waals surface area contributed by atoms with Gasteiger partial charge in [-0.2, -0.15) is 0 Å². The van der Waals surface area contributed by atoms with Crippen molar-refractivity contribution in [3.63, 3.8) is 0 Å². The number of amides is 2. The Labute approximate surface area is 176 Å². The molecule has 0 atom stereocenters. The Bertz CT molecular complexity index is 1120. The first-order chi connectivity index (χ1) is 14.0. The van der Waals surface area contributed by atoms with E-state index in [0.717, 1.165) is 21.6 Å². The lowest BCUT2D eigenvalue weighted by Gasteiger charge is -2.15. The molecule has 3 aromatic carbocycles. The highest BCUT2D eigenvalue weighted by molar-refractivity contribution is 8.04. The lowest BCUT2D eigenvalue weighted by Crippen LogP contribution is -2.32. The minimum atomic E-state index is -0.556. The van der Waals surface area contributed by atoms with Crippen molar-refractivity contribution in [3.8, 4) is 0 Å². The van der Waals surface area contributed by atoms with Crippen LogP contribution in [0.2, 0.25) is 5.02 Å². The van der Waals surface area contributed by atoms with E-state index in [0.29, 0.717) is 10.7 Å². The fraction of sp³-hybridized carbons (Fsp3) is 0. The van der Waals surface area contributed by atoms with E-state index in [4.69, 9.17) is 11.6 Å². The van der Waals surface area contributed by atoms with Crippen LogP contribution in [0.5, 0.6) is 0 Å². The quantitative estimate of drug-likeness (QED) is 0.552. The predicted octanol–water partition coefficient (Wildman–Crippen LogP) is 5.47. The summed E-state index contributed by atoms with van der Waals surface area (Å²) in [5, 5.41) is 3.31. The third-order valence-electron chi connectivity index (χ3n) is 4.22. The van der Waals surface area contributed by atoms with Gasteiger partial charge >= 0.3 is 0 Å². The van der Waals surface area contributed by atoms with Crippen molar-refractivity contribution in [2.24, 2.45) is 0 Å². The van der Waals surface area contributed by atoms with Gasteiger partial charge < -0.3 is 5.32 Å². The topological polar surface area (TPSA) is 49.4 Å². The molecule has 0 unspecified atom stereocenters. The molecule has 0 aliphatic carbocycles. The van der Waals surface area contributed by atoms with Gasteiger partial charge in [-0.25, -0.2) is 9.29 Å². The Kier molecular flexibility index (Phi) is 5.38. The monoisotopic (exact) mass is 424 g/mol. The van der Waals surface area contributed by atoms with Gasteiger partial charge in [0.15, 0.2) is 0 Å². The van der Waals surface area contributed by atoms with Crippen LogP contribution >= 0.6 is 23.4 Å². The summed E-state index contributed by atoms with van der Waals surface area (Å²) in [5.41, 5.74) is 0.539. The molecule has 0 saturated heterocycles. The molecular weight excluding hydrogens is 411 g/mol. The number of rotatable bonds is 5. The number of thioether (sulfide) groups is 1. The maximum absolute atomic E-state index is 14.2. The van der Waals surface area contributed by atoms with Crippen LogP contribution in [-0.4, -0.2) is 11.8 Å². The van der Waals surface area contributed by atoms with Crippen molar-refractivity contribution in [3.05, 3.63) is 100 Å². The van der Waals surface area contributed by atoms with Crippen LogP contribution in [-0.2, 0) is 9.59 Å². The molecule has 0 aromatic heterocycles. The third kappa shape index (κ3) is 3.90. The maximum atomic E-state index is 14.2. The van der Waals surface area contributed by atoms with Crippen LogP contribution in [0.15, 0.2) is 94.4 Å². The van der Waals surface area contributed by atoms with Gasteiger partial charge in [0.25, 0.3) is 11.8 Å². The van der Waals surface area contributed by atoms with E-state index in [1.807, 2.05) is 30.3 Å². The first-order valence-electron chi connectivity index (χ1n) is 8.67. The van der Waals surface area contributed by atoms with Gasteiger partial charge in [-0.3, -0.25) is 9.59 Å². The highest BCUT2D eigenvalue weighted by atomic mass is 35.5. The average molecular weight is 425 g/mol. The first kappa shape index (κ1) is 19.2. The maximum Gasteiger partial charge on any atom is 0.283 e. The Morgan fingerprint density at radius 3 is 2.17 bits per heavy atom. The number of imide groups is 1. The summed E-state index contributed by atoms with van der Waals surface area (Å²) in [7, 11) is 0. The number of benzene rings is 3. The predicted molar refractivity (Wildman–Crippen MR) is 113 cm³/mol. The number of halogens is 2. The minimum absolute atomic E-state index is 0.0314. The van der Waals surface area contributed by atoms with Crippen molar-refractivity contribution >= 4 is 46.6 Å². The normalized spacial score (nSPS) is 13.9. The Hall–Kier alpha value is -3.09. The SMILES string of the molecule is O=C1C(Nc2ccccc2F)=C(Sc2ccccc2)C(=O)N1c1ccc(Cl)cc1. The lowest BCUT2D eigenvalue weighted by atomic mass is 10.2. The zero-order chi connectivity index (χ0) is 20.4. The van der Waals surface area contributed by atoms with Crippen molar-refractivity contribution < 1.29 is 14.0 Å². The molecule has 4 nitrogen and oxygen atoms in total. The van der Waals surface area contributed by atoms with Gasteiger partial charge in [0.2, 0.25) is 0 Å². The average Bonchev–Trinajstić information content (AvgIpc) is 2.95. The van der Waals surface area contributed by atoms with Gasteiger partial charge in [0.05, 0.1) is 11.4 Å². The molecule has 0 radical (unpaired) electrons. The molecule has 3 aromatic rings. The number of para-hydroxylation sites is 1. The summed E-state index contributed by atoms with van der Waals surface area (Å²) in [6.45, 7) is 0. The first-order valence-corrected chi connectivity index (χ1v) is 9.87. The summed E-state index contributed by atoms with van der Waals surface area (Å²) in [6.07, 6.45) is 0. The molecule has 144 valence electrons. The van der Waals surface area contributed by atoms with Crippen molar-refractivity contribution in [2.45, 2.75) is 4.90 Å². The molecular formula is C22H14ClFN2O2S. The number of anilines is 2. The third-order valence-corrected chi connectivity index (χ3v) is 5.57. The molecule has 1 heterocycles. The van der Waals surface area contributed by atoms with Crippen LogP contribution in [0, 0.1) is 5.82 Å². The van der Waals surface area contributed by atoms with Crippen LogP contribution in [0.4, 0.5) is 15.8 Å². The molecule has 4 rings (SSSR count). The summed E-state index contributed by atoms with van der Waals surface area (Å²) in [5.74, 6) is -1.56. The number of hydrogen-bond donors (Lipinski definition) is 1. The van der Waals surface area contributed by atoms with Gasteiger partial charge in [0.1, 0.15) is 16.4 Å². The molecule has 0 saturated carbocycles. The highest BCUT2D eigenvalue weighted by Crippen LogP contribution is 2.38. The van der Waals surface area contributed by atoms with E-state index in [1.54, 1.807) is 36.4 Å². The van der Waals surface area contributed by atoms with Crippen LogP contribution in [0.25, 0.3) is 0 Å². The number of nitrogens with zero attached hydrogens (tertiary/aromatic N) is 1. The van der Waals surface area contributed by atoms with Gasteiger partial charge in [-0.05, 0) is 48.5 Å². The molecule has 29 heavy (non-hydrogen) atoms. The zero-order valence-electron chi connectivity index (χ0n) is 14.9. The number of nitrogens with one attached hydrogen (secondary N) is 1. The van der Waals surface area contributed by atoms with Crippen molar-refractivity contribution in [1.82, 2.24) is 0 Å². The molecule has 2 amide bonds. The van der Waals surface area contributed by atoms with E-state index >= 15 is 0 Å². The fourth-order valence-electron chi connectivity index (χ4n) is 2.84. The van der Waals surface area contributed by atoms with Gasteiger partial charge in [-0.1, -0.05) is 53.7 Å². The van der Waals surface area contributed by atoms with Crippen LogP contribution < -0.4 is 10.2 Å².